The van der Waals surface area contributed by atoms with Crippen molar-refractivity contribution in [3.63, 3.8) is 0 Å². The first-order valence-electron chi connectivity index (χ1n) is 12.1. The third-order valence-electron chi connectivity index (χ3n) is 5.43. The quantitative estimate of drug-likeness (QED) is 0.238. The van der Waals surface area contributed by atoms with E-state index in [1.807, 2.05) is 45.0 Å². The SMILES string of the molecule is CCOc1ccc(NC(=O)COc2ccc(/C=C3\SC(=S)N(c4cccc(C)c4)C3=O)cc2OCC)cc1. The van der Waals surface area contributed by atoms with E-state index < -0.39 is 0 Å². The molecule has 38 heavy (non-hydrogen) atoms. The summed E-state index contributed by atoms with van der Waals surface area (Å²) in [5.41, 5.74) is 3.19. The Morgan fingerprint density at radius 2 is 1.74 bits per heavy atom. The van der Waals surface area contributed by atoms with Crippen molar-refractivity contribution in [3.05, 3.63) is 82.8 Å². The second-order valence-corrected chi connectivity index (χ2v) is 9.97. The van der Waals surface area contributed by atoms with Gasteiger partial charge in [-0.3, -0.25) is 14.5 Å². The van der Waals surface area contributed by atoms with Crippen LogP contribution in [0.25, 0.3) is 6.08 Å². The van der Waals surface area contributed by atoms with Crippen LogP contribution in [0.4, 0.5) is 11.4 Å². The van der Waals surface area contributed by atoms with Crippen LogP contribution in [0.15, 0.2) is 71.6 Å². The highest BCUT2D eigenvalue weighted by Gasteiger charge is 2.33. The molecule has 0 aliphatic carbocycles. The Morgan fingerprint density at radius 3 is 2.45 bits per heavy atom. The number of rotatable bonds is 10. The van der Waals surface area contributed by atoms with Crippen molar-refractivity contribution in [2.75, 3.05) is 30.0 Å². The summed E-state index contributed by atoms with van der Waals surface area (Å²) in [5.74, 6) is 1.17. The average Bonchev–Trinajstić information content (AvgIpc) is 3.17. The van der Waals surface area contributed by atoms with E-state index >= 15 is 0 Å². The molecule has 3 aromatic rings. The van der Waals surface area contributed by atoms with Gasteiger partial charge in [0.2, 0.25) is 0 Å². The number of hydrogen-bond acceptors (Lipinski definition) is 7. The Labute approximate surface area is 231 Å². The van der Waals surface area contributed by atoms with Crippen molar-refractivity contribution in [1.29, 1.82) is 0 Å². The number of anilines is 2. The minimum Gasteiger partial charge on any atom is -0.494 e. The summed E-state index contributed by atoms with van der Waals surface area (Å²) in [6, 6.07) is 20.1. The third kappa shape index (κ3) is 6.73. The molecule has 0 spiro atoms. The van der Waals surface area contributed by atoms with Crippen LogP contribution in [0.3, 0.4) is 0 Å². The van der Waals surface area contributed by atoms with Crippen LogP contribution >= 0.6 is 24.0 Å². The van der Waals surface area contributed by atoms with E-state index in [2.05, 4.69) is 5.32 Å². The molecule has 0 unspecified atom stereocenters. The molecule has 1 fully saturated rings. The molecule has 0 atom stereocenters. The Kier molecular flexibility index (Phi) is 9.04. The molecule has 0 aromatic heterocycles. The van der Waals surface area contributed by atoms with E-state index in [1.165, 1.54) is 11.8 Å². The van der Waals surface area contributed by atoms with Crippen molar-refractivity contribution >= 4 is 57.6 Å². The first kappa shape index (κ1) is 27.2. The molecule has 1 aliphatic rings. The molecule has 4 rings (SSSR count). The summed E-state index contributed by atoms with van der Waals surface area (Å²) in [7, 11) is 0. The zero-order chi connectivity index (χ0) is 27.1. The maximum atomic E-state index is 13.1. The number of amides is 2. The molecule has 1 N–H and O–H groups in total. The highest BCUT2D eigenvalue weighted by Crippen LogP contribution is 2.37. The molecule has 7 nitrogen and oxygen atoms in total. The van der Waals surface area contributed by atoms with Gasteiger partial charge in [-0.05, 0) is 86.5 Å². The number of aryl methyl sites for hydroxylation is 1. The molecule has 1 heterocycles. The van der Waals surface area contributed by atoms with Gasteiger partial charge in [0.05, 0.1) is 23.8 Å². The lowest BCUT2D eigenvalue weighted by Gasteiger charge is -2.15. The third-order valence-corrected chi connectivity index (χ3v) is 6.73. The molecule has 0 saturated carbocycles. The standard InChI is InChI=1S/C29H28N2O5S2/c1-4-34-23-12-10-21(11-13-23)30-27(32)18-36-24-14-9-20(16-25(24)35-5-2)17-26-28(33)31(29(37)38-26)22-8-6-7-19(3)15-22/h6-17H,4-5,18H2,1-3H3,(H,30,32)/b26-17-. The Morgan fingerprint density at radius 1 is 0.974 bits per heavy atom. The van der Waals surface area contributed by atoms with Crippen LogP contribution in [0.5, 0.6) is 17.2 Å². The topological polar surface area (TPSA) is 77.1 Å². The van der Waals surface area contributed by atoms with Crippen molar-refractivity contribution in [1.82, 2.24) is 0 Å². The van der Waals surface area contributed by atoms with Crippen LogP contribution in [0, 0.1) is 6.92 Å². The predicted octanol–water partition coefficient (Wildman–Crippen LogP) is 6.22. The van der Waals surface area contributed by atoms with Gasteiger partial charge in [0, 0.05) is 5.69 Å². The lowest BCUT2D eigenvalue weighted by atomic mass is 10.1. The van der Waals surface area contributed by atoms with Crippen molar-refractivity contribution < 1.29 is 23.8 Å². The van der Waals surface area contributed by atoms with Crippen LogP contribution in [0.1, 0.15) is 25.0 Å². The fraction of sp³-hybridized carbons (Fsp3) is 0.207. The zero-order valence-corrected chi connectivity index (χ0v) is 23.0. The van der Waals surface area contributed by atoms with Crippen LogP contribution in [-0.4, -0.2) is 36.0 Å². The predicted molar refractivity (Wildman–Crippen MR) is 156 cm³/mol. The lowest BCUT2D eigenvalue weighted by Crippen LogP contribution is -2.27. The van der Waals surface area contributed by atoms with Gasteiger partial charge in [0.25, 0.3) is 11.8 Å². The number of thiocarbonyl (C=S) groups is 1. The van der Waals surface area contributed by atoms with Gasteiger partial charge in [-0.25, -0.2) is 0 Å². The Hall–Kier alpha value is -3.82. The molecule has 1 saturated heterocycles. The minimum absolute atomic E-state index is 0.171. The second-order valence-electron chi connectivity index (χ2n) is 8.29. The zero-order valence-electron chi connectivity index (χ0n) is 21.4. The number of thioether (sulfide) groups is 1. The maximum Gasteiger partial charge on any atom is 0.270 e. The lowest BCUT2D eigenvalue weighted by molar-refractivity contribution is -0.118. The molecule has 2 amide bonds. The smallest absolute Gasteiger partial charge is 0.270 e. The minimum atomic E-state index is -0.305. The number of nitrogens with zero attached hydrogens (tertiary/aromatic N) is 1. The summed E-state index contributed by atoms with van der Waals surface area (Å²) in [6.45, 7) is 6.54. The molecule has 9 heteroatoms. The Bertz CT molecular complexity index is 1370. The molecule has 1 aliphatic heterocycles. The number of ether oxygens (including phenoxy) is 3. The summed E-state index contributed by atoms with van der Waals surface area (Å²) < 4.78 is 17.4. The van der Waals surface area contributed by atoms with E-state index in [0.29, 0.717) is 39.6 Å². The van der Waals surface area contributed by atoms with Crippen LogP contribution < -0.4 is 24.4 Å². The highest BCUT2D eigenvalue weighted by molar-refractivity contribution is 8.27. The molecular weight excluding hydrogens is 520 g/mol. The van der Waals surface area contributed by atoms with Crippen molar-refractivity contribution in [2.45, 2.75) is 20.8 Å². The van der Waals surface area contributed by atoms with Crippen molar-refractivity contribution in [3.8, 4) is 17.2 Å². The van der Waals surface area contributed by atoms with Gasteiger partial charge in [-0.2, -0.15) is 0 Å². The maximum absolute atomic E-state index is 13.1. The number of benzene rings is 3. The molecule has 0 bridgehead atoms. The fourth-order valence-electron chi connectivity index (χ4n) is 3.75. The first-order chi connectivity index (χ1) is 18.4. The number of carbonyl (C=O) groups excluding carboxylic acids is 2. The van der Waals surface area contributed by atoms with Gasteiger partial charge in [-0.1, -0.05) is 42.2 Å². The van der Waals surface area contributed by atoms with E-state index in [9.17, 15) is 9.59 Å². The molecule has 3 aromatic carbocycles. The van der Waals surface area contributed by atoms with Crippen molar-refractivity contribution in [2.24, 2.45) is 0 Å². The van der Waals surface area contributed by atoms with Gasteiger partial charge in [0.1, 0.15) is 5.75 Å². The van der Waals surface area contributed by atoms with E-state index in [0.717, 1.165) is 22.6 Å². The summed E-state index contributed by atoms with van der Waals surface area (Å²) in [6.07, 6.45) is 1.78. The van der Waals surface area contributed by atoms with E-state index in [4.69, 9.17) is 26.4 Å². The molecule has 0 radical (unpaired) electrons. The monoisotopic (exact) mass is 548 g/mol. The number of carbonyl (C=O) groups is 2. The van der Waals surface area contributed by atoms with Gasteiger partial charge < -0.3 is 19.5 Å². The van der Waals surface area contributed by atoms with Crippen LogP contribution in [-0.2, 0) is 9.59 Å². The normalized spacial score (nSPS) is 14.1. The summed E-state index contributed by atoms with van der Waals surface area (Å²) >= 11 is 6.74. The van der Waals surface area contributed by atoms with E-state index in [1.54, 1.807) is 53.4 Å². The average molecular weight is 549 g/mol. The molecular formula is C29H28N2O5S2. The van der Waals surface area contributed by atoms with E-state index in [-0.39, 0.29) is 18.4 Å². The first-order valence-corrected chi connectivity index (χ1v) is 13.4. The van der Waals surface area contributed by atoms with Gasteiger partial charge in [-0.15, -0.1) is 0 Å². The second kappa shape index (κ2) is 12.6. The van der Waals surface area contributed by atoms with Gasteiger partial charge in [0.15, 0.2) is 22.4 Å². The number of nitrogens with one attached hydrogen (secondary N) is 1. The van der Waals surface area contributed by atoms with Gasteiger partial charge >= 0.3 is 0 Å². The fourth-order valence-corrected chi connectivity index (χ4v) is 5.05. The largest absolute Gasteiger partial charge is 0.494 e. The number of hydrogen-bond donors (Lipinski definition) is 1. The summed E-state index contributed by atoms with van der Waals surface area (Å²) in [5, 5.41) is 2.80. The summed E-state index contributed by atoms with van der Waals surface area (Å²) in [4.78, 5) is 27.6. The van der Waals surface area contributed by atoms with Crippen LogP contribution in [0.2, 0.25) is 0 Å². The Balaban J connectivity index is 1.44. The molecule has 196 valence electrons. The highest BCUT2D eigenvalue weighted by atomic mass is 32.2.